The van der Waals surface area contributed by atoms with E-state index in [0.717, 1.165) is 32.7 Å². The van der Waals surface area contributed by atoms with E-state index in [0.29, 0.717) is 18.0 Å². The quantitative estimate of drug-likeness (QED) is 0.774. The minimum Gasteiger partial charge on any atom is -0.360 e. The van der Waals surface area contributed by atoms with Gasteiger partial charge in [0.05, 0.1) is 0 Å². The number of hydrogen-bond donors (Lipinski definition) is 1. The van der Waals surface area contributed by atoms with Crippen molar-refractivity contribution < 1.29 is 12.9 Å². The highest BCUT2D eigenvalue weighted by Crippen LogP contribution is 2.19. The van der Waals surface area contributed by atoms with Gasteiger partial charge in [0.2, 0.25) is 10.0 Å². The molecule has 27 heavy (non-hydrogen) atoms. The molecule has 0 saturated carbocycles. The van der Waals surface area contributed by atoms with Crippen LogP contribution in [0.1, 0.15) is 23.9 Å². The number of aryl methyl sites for hydroxylation is 2. The molecule has 1 N–H and O–H groups in total. The van der Waals surface area contributed by atoms with Crippen molar-refractivity contribution >= 4 is 10.0 Å². The second kappa shape index (κ2) is 8.52. The van der Waals surface area contributed by atoms with E-state index in [1.54, 1.807) is 13.8 Å². The molecule has 0 unspecified atom stereocenters. The normalized spacial score (nSPS) is 17.9. The van der Waals surface area contributed by atoms with Crippen molar-refractivity contribution in [2.24, 2.45) is 0 Å². The van der Waals surface area contributed by atoms with E-state index < -0.39 is 10.0 Å². The van der Waals surface area contributed by atoms with Crippen molar-refractivity contribution in [2.75, 3.05) is 32.7 Å². The minimum absolute atomic E-state index is 0.155. The summed E-state index contributed by atoms with van der Waals surface area (Å²) in [5.41, 5.74) is 1.72. The first-order chi connectivity index (χ1) is 12.8. The average molecular weight is 393 g/mol. The van der Waals surface area contributed by atoms with Gasteiger partial charge in [-0.2, -0.15) is 0 Å². The highest BCUT2D eigenvalue weighted by molar-refractivity contribution is 7.89. The molecule has 3 rings (SSSR count). The standard InChI is InChI=1S/C19H28N4O3S/c1-15(21-27(24,25)19-16(2)20-26-17(19)3)13-22-9-11-23(12-10-22)14-18-7-5-4-6-8-18/h4-8,15,21H,9-14H2,1-3H3/t15-/m0/s1. The monoisotopic (exact) mass is 392 g/mol. The van der Waals surface area contributed by atoms with Crippen LogP contribution in [0.3, 0.4) is 0 Å². The van der Waals surface area contributed by atoms with Crippen molar-refractivity contribution in [1.29, 1.82) is 0 Å². The van der Waals surface area contributed by atoms with Gasteiger partial charge in [-0.25, -0.2) is 13.1 Å². The van der Waals surface area contributed by atoms with Crippen LogP contribution in [0, 0.1) is 13.8 Å². The third-order valence-electron chi connectivity index (χ3n) is 4.84. The van der Waals surface area contributed by atoms with E-state index in [9.17, 15) is 8.42 Å². The molecule has 1 fully saturated rings. The van der Waals surface area contributed by atoms with E-state index in [2.05, 4.69) is 43.9 Å². The fourth-order valence-corrected chi connectivity index (χ4v) is 5.14. The van der Waals surface area contributed by atoms with E-state index in [4.69, 9.17) is 4.52 Å². The van der Waals surface area contributed by atoms with Crippen LogP contribution in [0.5, 0.6) is 0 Å². The summed E-state index contributed by atoms with van der Waals surface area (Å²) in [6.07, 6.45) is 0. The van der Waals surface area contributed by atoms with Gasteiger partial charge in [0.1, 0.15) is 10.6 Å². The third-order valence-corrected chi connectivity index (χ3v) is 6.67. The molecule has 0 radical (unpaired) electrons. The van der Waals surface area contributed by atoms with Crippen LogP contribution in [0.25, 0.3) is 0 Å². The zero-order valence-corrected chi connectivity index (χ0v) is 17.0. The van der Waals surface area contributed by atoms with Gasteiger partial charge in [-0.15, -0.1) is 0 Å². The van der Waals surface area contributed by atoms with Gasteiger partial charge in [-0.3, -0.25) is 9.80 Å². The van der Waals surface area contributed by atoms with Crippen LogP contribution in [0.2, 0.25) is 0 Å². The Morgan fingerprint density at radius 3 is 2.33 bits per heavy atom. The topological polar surface area (TPSA) is 78.7 Å². The smallest absolute Gasteiger partial charge is 0.246 e. The number of piperazine rings is 1. The fourth-order valence-electron chi connectivity index (χ4n) is 3.58. The third kappa shape index (κ3) is 5.16. The van der Waals surface area contributed by atoms with Crippen LogP contribution in [0.15, 0.2) is 39.8 Å². The molecule has 1 saturated heterocycles. The summed E-state index contributed by atoms with van der Waals surface area (Å²) in [6, 6.07) is 10.3. The first-order valence-electron chi connectivity index (χ1n) is 9.29. The van der Waals surface area contributed by atoms with E-state index >= 15 is 0 Å². The minimum atomic E-state index is -3.62. The lowest BCUT2D eigenvalue weighted by Gasteiger charge is -2.36. The van der Waals surface area contributed by atoms with Gasteiger partial charge in [-0.1, -0.05) is 35.5 Å². The number of aromatic nitrogens is 1. The van der Waals surface area contributed by atoms with Crippen molar-refractivity contribution in [3.63, 3.8) is 0 Å². The lowest BCUT2D eigenvalue weighted by molar-refractivity contribution is 0.122. The highest BCUT2D eigenvalue weighted by atomic mass is 32.2. The first-order valence-corrected chi connectivity index (χ1v) is 10.8. The Bertz CT molecular complexity index is 824. The van der Waals surface area contributed by atoms with Gasteiger partial charge in [0.25, 0.3) is 0 Å². The Morgan fingerprint density at radius 1 is 1.11 bits per heavy atom. The highest BCUT2D eigenvalue weighted by Gasteiger charge is 2.27. The molecule has 0 aliphatic carbocycles. The molecule has 1 aliphatic rings. The number of rotatable bonds is 7. The Balaban J connectivity index is 1.49. The van der Waals surface area contributed by atoms with Gasteiger partial charge in [0.15, 0.2) is 5.76 Å². The number of benzene rings is 1. The van der Waals surface area contributed by atoms with Gasteiger partial charge >= 0.3 is 0 Å². The molecule has 2 heterocycles. The predicted molar refractivity (Wildman–Crippen MR) is 104 cm³/mol. The molecule has 2 aromatic rings. The largest absolute Gasteiger partial charge is 0.360 e. The van der Waals surface area contributed by atoms with Crippen molar-refractivity contribution in [1.82, 2.24) is 19.7 Å². The molecular weight excluding hydrogens is 364 g/mol. The van der Waals surface area contributed by atoms with Gasteiger partial charge < -0.3 is 4.52 Å². The molecule has 8 heteroatoms. The predicted octanol–water partition coefficient (Wildman–Crippen LogP) is 1.78. The number of nitrogens with zero attached hydrogens (tertiary/aromatic N) is 3. The molecule has 148 valence electrons. The van der Waals surface area contributed by atoms with E-state index in [1.165, 1.54) is 5.56 Å². The summed E-state index contributed by atoms with van der Waals surface area (Å²) in [6.45, 7) is 10.6. The molecule has 1 aromatic carbocycles. The van der Waals surface area contributed by atoms with Crippen LogP contribution < -0.4 is 4.72 Å². The summed E-state index contributed by atoms with van der Waals surface area (Å²) in [5, 5.41) is 3.74. The van der Waals surface area contributed by atoms with Crippen molar-refractivity contribution in [3.8, 4) is 0 Å². The Kier molecular flexibility index (Phi) is 6.31. The van der Waals surface area contributed by atoms with Crippen LogP contribution in [-0.2, 0) is 16.6 Å². The maximum absolute atomic E-state index is 12.6. The Morgan fingerprint density at radius 2 is 1.74 bits per heavy atom. The van der Waals surface area contributed by atoms with Crippen LogP contribution >= 0.6 is 0 Å². The summed E-state index contributed by atoms with van der Waals surface area (Å²) in [7, 11) is -3.62. The number of hydrogen-bond acceptors (Lipinski definition) is 6. The molecule has 0 spiro atoms. The summed E-state index contributed by atoms with van der Waals surface area (Å²) in [4.78, 5) is 4.90. The second-order valence-corrected chi connectivity index (χ2v) is 8.89. The number of sulfonamides is 1. The van der Waals surface area contributed by atoms with Gasteiger partial charge in [0, 0.05) is 45.3 Å². The fraction of sp³-hybridized carbons (Fsp3) is 0.526. The maximum Gasteiger partial charge on any atom is 0.246 e. The summed E-state index contributed by atoms with van der Waals surface area (Å²) >= 11 is 0. The van der Waals surface area contributed by atoms with E-state index in [1.807, 2.05) is 13.0 Å². The zero-order chi connectivity index (χ0) is 19.4. The molecule has 7 nitrogen and oxygen atoms in total. The summed E-state index contributed by atoms with van der Waals surface area (Å²) < 4.78 is 33.0. The average Bonchev–Trinajstić information content (AvgIpc) is 2.96. The molecule has 0 bridgehead atoms. The summed E-state index contributed by atoms with van der Waals surface area (Å²) in [5.74, 6) is 0.321. The zero-order valence-electron chi connectivity index (χ0n) is 16.2. The lowest BCUT2D eigenvalue weighted by Crippen LogP contribution is -2.50. The SMILES string of the molecule is Cc1noc(C)c1S(=O)(=O)N[C@@H](C)CN1CCN(Cc2ccccc2)CC1. The molecule has 1 atom stereocenters. The lowest BCUT2D eigenvalue weighted by atomic mass is 10.2. The van der Waals surface area contributed by atoms with E-state index in [-0.39, 0.29) is 10.9 Å². The molecule has 1 aromatic heterocycles. The maximum atomic E-state index is 12.6. The van der Waals surface area contributed by atoms with Gasteiger partial charge in [-0.05, 0) is 26.3 Å². The molecular formula is C19H28N4O3S. The Labute approximate surface area is 161 Å². The number of nitrogens with one attached hydrogen (secondary N) is 1. The second-order valence-electron chi connectivity index (χ2n) is 7.24. The first kappa shape index (κ1) is 20.0. The van der Waals surface area contributed by atoms with Crippen LogP contribution in [0.4, 0.5) is 0 Å². The Hall–Kier alpha value is -1.74. The molecule has 1 aliphatic heterocycles. The van der Waals surface area contributed by atoms with Crippen molar-refractivity contribution in [2.45, 2.75) is 38.3 Å². The van der Waals surface area contributed by atoms with Crippen molar-refractivity contribution in [3.05, 3.63) is 47.3 Å². The van der Waals surface area contributed by atoms with Crippen LogP contribution in [-0.4, -0.2) is 62.1 Å². The molecule has 0 amide bonds.